The highest BCUT2D eigenvalue weighted by molar-refractivity contribution is 14.1. The van der Waals surface area contributed by atoms with Gasteiger partial charge in [-0.05, 0) is 45.9 Å². The smallest absolute Gasteiger partial charge is 0.252 e. The van der Waals surface area contributed by atoms with Gasteiger partial charge in [0.15, 0.2) is 3.77 Å². The third-order valence-electron chi connectivity index (χ3n) is 3.49. The van der Waals surface area contributed by atoms with E-state index in [0.717, 1.165) is 14.9 Å². The highest BCUT2D eigenvalue weighted by atomic mass is 127. The van der Waals surface area contributed by atoms with Crippen LogP contribution in [0.2, 0.25) is 0 Å². The lowest BCUT2D eigenvalue weighted by atomic mass is 9.91. The third kappa shape index (κ3) is 4.11. The molecule has 0 radical (unpaired) electrons. The molecule has 0 fully saturated rings. The van der Waals surface area contributed by atoms with E-state index in [9.17, 15) is 4.79 Å². The summed E-state index contributed by atoms with van der Waals surface area (Å²) < 4.78 is 6.15. The van der Waals surface area contributed by atoms with Crippen molar-refractivity contribution in [2.45, 2.75) is 5.92 Å². The van der Waals surface area contributed by atoms with Crippen LogP contribution in [0.5, 0.6) is 0 Å². The van der Waals surface area contributed by atoms with Crippen molar-refractivity contribution < 1.29 is 9.21 Å². The molecule has 0 unspecified atom stereocenters. The maximum atomic E-state index is 12.7. The van der Waals surface area contributed by atoms with Gasteiger partial charge in [0.2, 0.25) is 0 Å². The van der Waals surface area contributed by atoms with Crippen LogP contribution in [0.15, 0.2) is 82.3 Å². The molecule has 3 aromatic rings. The summed E-state index contributed by atoms with van der Waals surface area (Å²) in [5, 5.41) is 4.01. The molecule has 0 saturated carbocycles. The molecule has 24 heavy (non-hydrogen) atoms. The van der Waals surface area contributed by atoms with E-state index >= 15 is 0 Å². The summed E-state index contributed by atoms with van der Waals surface area (Å²) in [5.74, 6) is -0.0122. The second-order valence-electron chi connectivity index (χ2n) is 5.13. The van der Waals surface area contributed by atoms with Gasteiger partial charge in [-0.15, -0.1) is 0 Å². The molecular formula is C19H15IN2O2. The van der Waals surface area contributed by atoms with E-state index in [1.807, 2.05) is 66.7 Å². The fourth-order valence-electron chi connectivity index (χ4n) is 2.41. The lowest BCUT2D eigenvalue weighted by Crippen LogP contribution is -2.26. The molecule has 1 heterocycles. The first-order chi connectivity index (χ1) is 11.7. The Hall–Kier alpha value is -2.41. The van der Waals surface area contributed by atoms with Crippen molar-refractivity contribution in [1.29, 1.82) is 0 Å². The van der Waals surface area contributed by atoms with Gasteiger partial charge in [0, 0.05) is 0 Å². The molecule has 4 nitrogen and oxygen atoms in total. The van der Waals surface area contributed by atoms with Crippen molar-refractivity contribution in [3.8, 4) is 0 Å². The summed E-state index contributed by atoms with van der Waals surface area (Å²) in [6.07, 6.45) is 1.49. The van der Waals surface area contributed by atoms with Crippen LogP contribution in [-0.4, -0.2) is 12.1 Å². The van der Waals surface area contributed by atoms with Gasteiger partial charge in [-0.1, -0.05) is 60.7 Å². The Bertz CT molecular complexity index is 789. The molecule has 0 saturated heterocycles. The van der Waals surface area contributed by atoms with E-state index < -0.39 is 5.92 Å². The minimum absolute atomic E-state index is 0.190. The largest absolute Gasteiger partial charge is 0.449 e. The number of amides is 1. The van der Waals surface area contributed by atoms with Crippen molar-refractivity contribution in [2.75, 3.05) is 0 Å². The molecule has 1 aromatic heterocycles. The van der Waals surface area contributed by atoms with Crippen LogP contribution >= 0.6 is 22.6 Å². The van der Waals surface area contributed by atoms with Crippen LogP contribution in [0.4, 0.5) is 0 Å². The number of hydrogen-bond donors (Lipinski definition) is 1. The Labute approximate surface area is 153 Å². The molecule has 0 aliphatic rings. The van der Waals surface area contributed by atoms with Crippen molar-refractivity contribution >= 4 is 34.7 Å². The lowest BCUT2D eigenvalue weighted by molar-refractivity contribution is -0.121. The topological polar surface area (TPSA) is 54.6 Å². The first-order valence-electron chi connectivity index (χ1n) is 7.42. The average molecular weight is 430 g/mol. The number of nitrogens with zero attached hydrogens (tertiary/aromatic N) is 1. The Morgan fingerprint density at radius 1 is 0.958 bits per heavy atom. The maximum absolute atomic E-state index is 12.7. The number of benzene rings is 2. The number of carbonyl (C=O) groups is 1. The van der Waals surface area contributed by atoms with Gasteiger partial charge in [0.1, 0.15) is 5.76 Å². The Morgan fingerprint density at radius 3 is 2.04 bits per heavy atom. The van der Waals surface area contributed by atoms with Gasteiger partial charge in [0.25, 0.3) is 5.91 Å². The zero-order chi connectivity index (χ0) is 16.8. The Balaban J connectivity index is 1.80. The number of furan rings is 1. The van der Waals surface area contributed by atoms with Crippen LogP contribution in [0.3, 0.4) is 0 Å². The van der Waals surface area contributed by atoms with Gasteiger partial charge in [-0.2, -0.15) is 5.10 Å². The molecule has 0 spiro atoms. The summed E-state index contributed by atoms with van der Waals surface area (Å²) in [4.78, 5) is 12.7. The molecule has 0 bridgehead atoms. The fourth-order valence-corrected chi connectivity index (χ4v) is 2.84. The molecule has 0 atom stereocenters. The predicted octanol–water partition coefficient (Wildman–Crippen LogP) is 4.17. The average Bonchev–Trinajstić information content (AvgIpc) is 3.02. The molecule has 0 aliphatic carbocycles. The van der Waals surface area contributed by atoms with Crippen LogP contribution < -0.4 is 5.43 Å². The van der Waals surface area contributed by atoms with E-state index in [2.05, 4.69) is 33.1 Å². The fraction of sp³-hybridized carbons (Fsp3) is 0.0526. The van der Waals surface area contributed by atoms with Crippen molar-refractivity contribution in [1.82, 2.24) is 5.43 Å². The Kier molecular flexibility index (Phi) is 5.43. The lowest BCUT2D eigenvalue weighted by Gasteiger charge is -2.16. The SMILES string of the molecule is O=C(NN=Cc1ccc(I)o1)C(c1ccccc1)c1ccccc1. The molecule has 1 N–H and O–H groups in total. The summed E-state index contributed by atoms with van der Waals surface area (Å²) >= 11 is 2.08. The number of rotatable bonds is 5. The second kappa shape index (κ2) is 7.92. The van der Waals surface area contributed by atoms with Crippen LogP contribution in [0, 0.1) is 3.77 Å². The van der Waals surface area contributed by atoms with Crippen molar-refractivity contribution in [3.05, 3.63) is 93.5 Å². The van der Waals surface area contributed by atoms with Crippen molar-refractivity contribution in [2.24, 2.45) is 5.10 Å². The normalized spacial score (nSPS) is 11.1. The molecular weight excluding hydrogens is 415 g/mol. The molecule has 5 heteroatoms. The number of nitrogens with one attached hydrogen (secondary N) is 1. The highest BCUT2D eigenvalue weighted by Crippen LogP contribution is 2.24. The predicted molar refractivity (Wildman–Crippen MR) is 102 cm³/mol. The van der Waals surface area contributed by atoms with Gasteiger partial charge in [-0.3, -0.25) is 4.79 Å². The number of halogens is 1. The van der Waals surface area contributed by atoms with Crippen molar-refractivity contribution in [3.63, 3.8) is 0 Å². The third-order valence-corrected chi connectivity index (χ3v) is 4.07. The van der Waals surface area contributed by atoms with E-state index in [-0.39, 0.29) is 5.91 Å². The van der Waals surface area contributed by atoms with E-state index in [1.165, 1.54) is 6.21 Å². The molecule has 2 aromatic carbocycles. The standard InChI is InChI=1S/C19H15IN2O2/c20-17-12-11-16(24-17)13-21-22-19(23)18(14-7-3-1-4-8-14)15-9-5-2-6-10-15/h1-13,18H,(H,22,23). The Morgan fingerprint density at radius 2 is 1.54 bits per heavy atom. The summed E-state index contributed by atoms with van der Waals surface area (Å²) in [7, 11) is 0. The molecule has 1 amide bonds. The van der Waals surface area contributed by atoms with Crippen LogP contribution in [-0.2, 0) is 4.79 Å². The molecule has 0 aliphatic heterocycles. The maximum Gasteiger partial charge on any atom is 0.252 e. The minimum Gasteiger partial charge on any atom is -0.449 e. The molecule has 120 valence electrons. The van der Waals surface area contributed by atoms with Gasteiger partial charge < -0.3 is 4.42 Å². The number of carbonyl (C=O) groups excluding carboxylic acids is 1. The van der Waals surface area contributed by atoms with Gasteiger partial charge >= 0.3 is 0 Å². The molecule has 3 rings (SSSR count). The van der Waals surface area contributed by atoms with Crippen LogP contribution in [0.1, 0.15) is 22.8 Å². The summed E-state index contributed by atoms with van der Waals surface area (Å²) in [5.41, 5.74) is 4.45. The van der Waals surface area contributed by atoms with Gasteiger partial charge in [0.05, 0.1) is 12.1 Å². The quantitative estimate of drug-likeness (QED) is 0.376. The number of hydrogen-bond acceptors (Lipinski definition) is 3. The summed E-state index contributed by atoms with van der Waals surface area (Å²) in [6, 6.07) is 22.9. The van der Waals surface area contributed by atoms with E-state index in [0.29, 0.717) is 5.76 Å². The van der Waals surface area contributed by atoms with E-state index in [4.69, 9.17) is 4.42 Å². The number of hydrazone groups is 1. The highest BCUT2D eigenvalue weighted by Gasteiger charge is 2.22. The van der Waals surface area contributed by atoms with Gasteiger partial charge in [-0.25, -0.2) is 5.43 Å². The first kappa shape index (κ1) is 16.4. The first-order valence-corrected chi connectivity index (χ1v) is 8.50. The minimum atomic E-state index is -0.415. The zero-order valence-electron chi connectivity index (χ0n) is 12.7. The monoisotopic (exact) mass is 430 g/mol. The summed E-state index contributed by atoms with van der Waals surface area (Å²) in [6.45, 7) is 0. The van der Waals surface area contributed by atoms with E-state index in [1.54, 1.807) is 6.07 Å². The zero-order valence-corrected chi connectivity index (χ0v) is 14.9. The van der Waals surface area contributed by atoms with Crippen LogP contribution in [0.25, 0.3) is 0 Å². The second-order valence-corrected chi connectivity index (χ2v) is 6.19.